The number of aryl methyl sites for hydroxylation is 2. The summed E-state index contributed by atoms with van der Waals surface area (Å²) in [5, 5.41) is 16.3. The van der Waals surface area contributed by atoms with E-state index in [1.807, 2.05) is 36.7 Å². The van der Waals surface area contributed by atoms with Gasteiger partial charge in [-0.3, -0.25) is 9.48 Å². The van der Waals surface area contributed by atoms with Crippen molar-refractivity contribution in [1.29, 1.82) is 5.26 Å². The summed E-state index contributed by atoms with van der Waals surface area (Å²) < 4.78 is 7.64. The third-order valence-electron chi connectivity index (χ3n) is 5.11. The minimum absolute atomic E-state index is 0.0532. The van der Waals surface area contributed by atoms with Gasteiger partial charge in [-0.15, -0.1) is 0 Å². The number of para-hydroxylation sites is 1. The summed E-state index contributed by atoms with van der Waals surface area (Å²) in [6.45, 7) is 5.83. The zero-order valence-electron chi connectivity index (χ0n) is 16.0. The van der Waals surface area contributed by atoms with Crippen LogP contribution in [0.3, 0.4) is 0 Å². The first kappa shape index (κ1) is 19.0. The first-order valence-corrected chi connectivity index (χ1v) is 9.45. The van der Waals surface area contributed by atoms with Crippen molar-refractivity contribution in [2.45, 2.75) is 46.1 Å². The highest BCUT2D eigenvalue weighted by molar-refractivity contribution is 5.76. The van der Waals surface area contributed by atoms with Crippen molar-refractivity contribution in [2.75, 3.05) is 13.2 Å². The number of rotatable bonds is 7. The molecule has 1 atom stereocenters. The summed E-state index contributed by atoms with van der Waals surface area (Å²) in [6, 6.07) is 10.2. The second-order valence-corrected chi connectivity index (χ2v) is 7.07. The Hall–Kier alpha value is -2.81. The summed E-state index contributed by atoms with van der Waals surface area (Å²) in [5.41, 5.74) is 4.31. The molecular formula is C21H26N4O2. The Balaban J connectivity index is 1.47. The van der Waals surface area contributed by atoms with E-state index in [2.05, 4.69) is 22.6 Å². The molecule has 1 aliphatic rings. The molecule has 0 saturated heterocycles. The number of nitrogens with one attached hydrogen (secondary N) is 1. The lowest BCUT2D eigenvalue weighted by Crippen LogP contribution is -2.34. The minimum atomic E-state index is 0.0532. The maximum atomic E-state index is 12.3. The van der Waals surface area contributed by atoms with E-state index < -0.39 is 0 Å². The van der Waals surface area contributed by atoms with E-state index in [-0.39, 0.29) is 5.91 Å². The quantitative estimate of drug-likeness (QED) is 0.817. The van der Waals surface area contributed by atoms with Crippen LogP contribution in [0.15, 0.2) is 24.3 Å². The Kier molecular flexibility index (Phi) is 6.12. The SMILES string of the molecule is Cc1nn(CCC#N)c(C)c1CCC(=O)NCC1COc2ccccc2C1. The number of nitriles is 1. The van der Waals surface area contributed by atoms with Crippen LogP contribution in [0.5, 0.6) is 5.75 Å². The number of carbonyl (C=O) groups excluding carboxylic acids is 1. The molecule has 0 radical (unpaired) electrons. The van der Waals surface area contributed by atoms with E-state index in [0.29, 0.717) is 44.9 Å². The van der Waals surface area contributed by atoms with Gasteiger partial charge < -0.3 is 10.1 Å². The monoisotopic (exact) mass is 366 g/mol. The summed E-state index contributed by atoms with van der Waals surface area (Å²) in [6.07, 6.45) is 2.48. The van der Waals surface area contributed by atoms with Crippen LogP contribution in [0.4, 0.5) is 0 Å². The molecule has 142 valence electrons. The molecule has 0 spiro atoms. The Labute approximate surface area is 160 Å². The van der Waals surface area contributed by atoms with Gasteiger partial charge >= 0.3 is 0 Å². The van der Waals surface area contributed by atoms with Crippen molar-refractivity contribution >= 4 is 5.91 Å². The average Bonchev–Trinajstić information content (AvgIpc) is 2.95. The number of nitrogens with zero attached hydrogens (tertiary/aromatic N) is 3. The highest BCUT2D eigenvalue weighted by Crippen LogP contribution is 2.26. The van der Waals surface area contributed by atoms with Gasteiger partial charge in [-0.1, -0.05) is 18.2 Å². The fraction of sp³-hybridized carbons (Fsp3) is 0.476. The highest BCUT2D eigenvalue weighted by atomic mass is 16.5. The molecule has 1 aliphatic heterocycles. The molecule has 27 heavy (non-hydrogen) atoms. The summed E-state index contributed by atoms with van der Waals surface area (Å²) in [4.78, 5) is 12.3. The molecular weight excluding hydrogens is 340 g/mol. The number of ether oxygens (including phenoxy) is 1. The molecule has 2 heterocycles. The van der Waals surface area contributed by atoms with Gasteiger partial charge in [0.15, 0.2) is 0 Å². The molecule has 0 bridgehead atoms. The van der Waals surface area contributed by atoms with E-state index in [9.17, 15) is 4.79 Å². The van der Waals surface area contributed by atoms with Crippen LogP contribution < -0.4 is 10.1 Å². The van der Waals surface area contributed by atoms with Gasteiger partial charge in [-0.05, 0) is 43.9 Å². The second kappa shape index (κ2) is 8.72. The van der Waals surface area contributed by atoms with E-state index in [4.69, 9.17) is 10.00 Å². The molecule has 1 aromatic carbocycles. The number of hydrogen-bond acceptors (Lipinski definition) is 4. The lowest BCUT2D eigenvalue weighted by atomic mass is 9.96. The maximum absolute atomic E-state index is 12.3. The second-order valence-electron chi connectivity index (χ2n) is 7.07. The molecule has 0 fully saturated rings. The van der Waals surface area contributed by atoms with E-state index in [1.165, 1.54) is 5.56 Å². The Morgan fingerprint density at radius 2 is 2.22 bits per heavy atom. The van der Waals surface area contributed by atoms with Crippen LogP contribution in [0, 0.1) is 31.1 Å². The molecule has 0 aliphatic carbocycles. The Morgan fingerprint density at radius 1 is 1.41 bits per heavy atom. The van der Waals surface area contributed by atoms with Crippen LogP contribution in [0.1, 0.15) is 35.4 Å². The predicted molar refractivity (Wildman–Crippen MR) is 102 cm³/mol. The van der Waals surface area contributed by atoms with E-state index in [1.54, 1.807) is 0 Å². The smallest absolute Gasteiger partial charge is 0.220 e. The molecule has 1 N–H and O–H groups in total. The van der Waals surface area contributed by atoms with Crippen molar-refractivity contribution in [3.63, 3.8) is 0 Å². The predicted octanol–water partition coefficient (Wildman–Crippen LogP) is 2.71. The minimum Gasteiger partial charge on any atom is -0.493 e. The fourth-order valence-corrected chi connectivity index (χ4v) is 3.58. The number of hydrogen-bond donors (Lipinski definition) is 1. The maximum Gasteiger partial charge on any atom is 0.220 e. The normalized spacial score (nSPS) is 15.5. The zero-order chi connectivity index (χ0) is 19.2. The van der Waals surface area contributed by atoms with Crippen molar-refractivity contribution in [1.82, 2.24) is 15.1 Å². The van der Waals surface area contributed by atoms with Crippen molar-refractivity contribution < 1.29 is 9.53 Å². The van der Waals surface area contributed by atoms with Crippen molar-refractivity contribution in [3.05, 3.63) is 46.8 Å². The topological polar surface area (TPSA) is 79.9 Å². The van der Waals surface area contributed by atoms with E-state index >= 15 is 0 Å². The van der Waals surface area contributed by atoms with Gasteiger partial charge in [0.2, 0.25) is 5.91 Å². The third-order valence-corrected chi connectivity index (χ3v) is 5.11. The van der Waals surface area contributed by atoms with Gasteiger partial charge in [0.05, 0.1) is 31.3 Å². The molecule has 2 aromatic rings. The standard InChI is InChI=1S/C21H26N4O2/c1-15-19(16(2)25(24-15)11-5-10-22)8-9-21(26)23-13-17-12-18-6-3-4-7-20(18)27-14-17/h3-4,6-7,17H,5,8-9,11-14H2,1-2H3,(H,23,26). The number of benzene rings is 1. The highest BCUT2D eigenvalue weighted by Gasteiger charge is 2.20. The van der Waals surface area contributed by atoms with Gasteiger partial charge in [-0.25, -0.2) is 0 Å². The fourth-order valence-electron chi connectivity index (χ4n) is 3.58. The number of aromatic nitrogens is 2. The van der Waals surface area contributed by atoms with Crippen LogP contribution in [0.2, 0.25) is 0 Å². The Bertz CT molecular complexity index is 850. The van der Waals surface area contributed by atoms with Crippen LogP contribution in [0.25, 0.3) is 0 Å². The van der Waals surface area contributed by atoms with Crippen LogP contribution in [-0.4, -0.2) is 28.8 Å². The summed E-state index contributed by atoms with van der Waals surface area (Å²) in [7, 11) is 0. The molecule has 6 heteroatoms. The molecule has 1 amide bonds. The number of amides is 1. The molecule has 6 nitrogen and oxygen atoms in total. The van der Waals surface area contributed by atoms with Gasteiger partial charge in [0.1, 0.15) is 5.75 Å². The van der Waals surface area contributed by atoms with Gasteiger partial charge in [0.25, 0.3) is 0 Å². The first-order valence-electron chi connectivity index (χ1n) is 9.45. The molecule has 1 unspecified atom stereocenters. The number of carbonyl (C=O) groups is 1. The summed E-state index contributed by atoms with van der Waals surface area (Å²) >= 11 is 0. The van der Waals surface area contributed by atoms with Crippen LogP contribution in [-0.2, 0) is 24.2 Å². The Morgan fingerprint density at radius 3 is 3.04 bits per heavy atom. The molecule has 3 rings (SSSR count). The largest absolute Gasteiger partial charge is 0.493 e. The van der Waals surface area contributed by atoms with Crippen molar-refractivity contribution in [2.24, 2.45) is 5.92 Å². The first-order chi connectivity index (χ1) is 13.1. The van der Waals surface area contributed by atoms with E-state index in [0.717, 1.165) is 29.1 Å². The third kappa shape index (κ3) is 4.68. The van der Waals surface area contributed by atoms with Crippen molar-refractivity contribution in [3.8, 4) is 11.8 Å². The lowest BCUT2D eigenvalue weighted by Gasteiger charge is -2.25. The van der Waals surface area contributed by atoms with Crippen LogP contribution >= 0.6 is 0 Å². The van der Waals surface area contributed by atoms with Gasteiger partial charge in [-0.2, -0.15) is 10.4 Å². The summed E-state index contributed by atoms with van der Waals surface area (Å²) in [5.74, 6) is 1.32. The van der Waals surface area contributed by atoms with Gasteiger partial charge in [0, 0.05) is 24.6 Å². The zero-order valence-corrected chi connectivity index (χ0v) is 16.0. The lowest BCUT2D eigenvalue weighted by molar-refractivity contribution is -0.121. The average molecular weight is 366 g/mol. The number of fused-ring (bicyclic) bond motifs is 1. The molecule has 0 saturated carbocycles. The molecule has 1 aromatic heterocycles.